The summed E-state index contributed by atoms with van der Waals surface area (Å²) < 4.78 is 0. The topological polar surface area (TPSA) is 65.2 Å². The van der Waals surface area contributed by atoms with Crippen molar-refractivity contribution in [2.24, 2.45) is 0 Å². The highest BCUT2D eigenvalue weighted by molar-refractivity contribution is 6.39. The molecule has 2 N–H and O–H groups in total. The van der Waals surface area contributed by atoms with Crippen LogP contribution in [-0.2, 0) is 16.0 Å². The number of nitrogens with zero attached hydrogens (tertiary/aromatic N) is 1. The van der Waals surface area contributed by atoms with E-state index in [2.05, 4.69) is 10.3 Å². The first kappa shape index (κ1) is 19.3. The summed E-state index contributed by atoms with van der Waals surface area (Å²) in [7, 11) is 1.60. The summed E-state index contributed by atoms with van der Waals surface area (Å²) in [6.45, 7) is -0.0751. The molecule has 0 aliphatic rings. The van der Waals surface area contributed by atoms with Gasteiger partial charge < -0.3 is 15.2 Å². The van der Waals surface area contributed by atoms with Crippen molar-refractivity contribution in [2.45, 2.75) is 12.8 Å². The van der Waals surface area contributed by atoms with Crippen molar-refractivity contribution in [2.75, 3.05) is 18.9 Å². The molecule has 0 radical (unpaired) electrons. The van der Waals surface area contributed by atoms with Crippen molar-refractivity contribution in [1.29, 1.82) is 0 Å². The number of carbonyl (C=O) groups is 2. The van der Waals surface area contributed by atoms with Crippen LogP contribution in [0, 0.1) is 0 Å². The van der Waals surface area contributed by atoms with Crippen LogP contribution < -0.4 is 5.32 Å². The molecule has 0 saturated carbocycles. The molecule has 27 heavy (non-hydrogen) atoms. The van der Waals surface area contributed by atoms with Crippen LogP contribution in [0.4, 0.5) is 5.69 Å². The van der Waals surface area contributed by atoms with Gasteiger partial charge in [0, 0.05) is 30.6 Å². The third-order valence-electron chi connectivity index (χ3n) is 4.32. The molecule has 3 aromatic rings. The number of anilines is 1. The highest BCUT2D eigenvalue weighted by Crippen LogP contribution is 2.29. The van der Waals surface area contributed by atoms with Gasteiger partial charge in [-0.15, -0.1) is 0 Å². The van der Waals surface area contributed by atoms with Crippen molar-refractivity contribution >= 4 is 51.6 Å². The smallest absolute Gasteiger partial charge is 0.244 e. The van der Waals surface area contributed by atoms with E-state index in [0.29, 0.717) is 28.6 Å². The van der Waals surface area contributed by atoms with Gasteiger partial charge in [0.15, 0.2) is 0 Å². The number of hydrogen-bond donors (Lipinski definition) is 2. The Morgan fingerprint density at radius 2 is 1.78 bits per heavy atom. The van der Waals surface area contributed by atoms with E-state index in [1.54, 1.807) is 25.2 Å². The van der Waals surface area contributed by atoms with Crippen LogP contribution in [0.3, 0.4) is 0 Å². The van der Waals surface area contributed by atoms with Gasteiger partial charge in [-0.1, -0.05) is 47.5 Å². The molecule has 0 aliphatic heterocycles. The Balaban J connectivity index is 1.55. The zero-order valence-corrected chi connectivity index (χ0v) is 16.3. The van der Waals surface area contributed by atoms with Crippen molar-refractivity contribution < 1.29 is 9.59 Å². The fourth-order valence-corrected chi connectivity index (χ4v) is 3.36. The summed E-state index contributed by atoms with van der Waals surface area (Å²) in [5, 5.41) is 4.47. The molecule has 0 saturated heterocycles. The van der Waals surface area contributed by atoms with Gasteiger partial charge >= 0.3 is 0 Å². The number of aromatic amines is 1. The minimum atomic E-state index is -0.354. The van der Waals surface area contributed by atoms with Crippen molar-refractivity contribution in [1.82, 2.24) is 9.88 Å². The molecule has 0 bridgehead atoms. The summed E-state index contributed by atoms with van der Waals surface area (Å²) in [6, 6.07) is 12.9. The zero-order chi connectivity index (χ0) is 19.4. The lowest BCUT2D eigenvalue weighted by atomic mass is 10.1. The molecule has 0 unspecified atom stereocenters. The Hall–Kier alpha value is -2.50. The summed E-state index contributed by atoms with van der Waals surface area (Å²) in [5.41, 5.74) is 2.48. The number of halogens is 2. The number of aromatic nitrogens is 1. The van der Waals surface area contributed by atoms with E-state index < -0.39 is 0 Å². The number of aryl methyl sites for hydroxylation is 1. The number of likely N-dealkylation sites (N-methyl/N-ethyl adjacent to an activating group) is 1. The van der Waals surface area contributed by atoms with Crippen molar-refractivity contribution in [3.63, 3.8) is 0 Å². The number of H-pyrrole nitrogens is 1. The molecule has 3 rings (SSSR count). The van der Waals surface area contributed by atoms with Crippen LogP contribution >= 0.6 is 23.2 Å². The highest BCUT2D eigenvalue weighted by atomic mass is 35.5. The standard InChI is InChI=1S/C20H19Cl2N3O2/c1-25(12-18(26)24-20-15(21)6-4-7-16(20)22)19(27)10-9-13-11-23-17-8-3-2-5-14(13)17/h2-8,11,23H,9-10,12H2,1H3,(H,24,26). The van der Waals surface area contributed by atoms with E-state index in [4.69, 9.17) is 23.2 Å². The molecule has 0 aliphatic carbocycles. The molecule has 0 fully saturated rings. The molecule has 7 heteroatoms. The Kier molecular flexibility index (Phi) is 6.04. The van der Waals surface area contributed by atoms with Gasteiger partial charge in [-0.2, -0.15) is 0 Å². The molecule has 2 aromatic carbocycles. The molecule has 0 spiro atoms. The van der Waals surface area contributed by atoms with Crippen LogP contribution in [0.25, 0.3) is 10.9 Å². The predicted molar refractivity (Wildman–Crippen MR) is 109 cm³/mol. The second kappa shape index (κ2) is 8.46. The molecular formula is C20H19Cl2N3O2. The van der Waals surface area contributed by atoms with E-state index in [9.17, 15) is 9.59 Å². The van der Waals surface area contributed by atoms with Gasteiger partial charge in [0.2, 0.25) is 11.8 Å². The maximum atomic E-state index is 12.4. The fraction of sp³-hybridized carbons (Fsp3) is 0.200. The Morgan fingerprint density at radius 3 is 2.52 bits per heavy atom. The quantitative estimate of drug-likeness (QED) is 0.635. The van der Waals surface area contributed by atoms with E-state index in [1.165, 1.54) is 4.90 Å². The predicted octanol–water partition coefficient (Wildman–Crippen LogP) is 4.50. The maximum Gasteiger partial charge on any atom is 0.244 e. The summed E-state index contributed by atoms with van der Waals surface area (Å²) in [6.07, 6.45) is 2.84. The van der Waals surface area contributed by atoms with Crippen molar-refractivity contribution in [3.8, 4) is 0 Å². The molecule has 2 amide bonds. The lowest BCUT2D eigenvalue weighted by molar-refractivity contribution is -0.133. The molecule has 1 heterocycles. The van der Waals surface area contributed by atoms with Gasteiger partial charge in [0.25, 0.3) is 0 Å². The third kappa shape index (κ3) is 4.62. The SMILES string of the molecule is CN(CC(=O)Nc1c(Cl)cccc1Cl)C(=O)CCc1c[nH]c2ccccc12. The van der Waals surface area contributed by atoms with Crippen LogP contribution in [0.2, 0.25) is 10.0 Å². The normalized spacial score (nSPS) is 10.8. The number of para-hydroxylation sites is 2. The van der Waals surface area contributed by atoms with E-state index >= 15 is 0 Å². The number of carbonyl (C=O) groups excluding carboxylic acids is 2. The summed E-state index contributed by atoms with van der Waals surface area (Å²) >= 11 is 12.1. The number of hydrogen-bond acceptors (Lipinski definition) is 2. The molecular weight excluding hydrogens is 385 g/mol. The van der Waals surface area contributed by atoms with Crippen LogP contribution in [0.5, 0.6) is 0 Å². The fourth-order valence-electron chi connectivity index (χ4n) is 2.87. The van der Waals surface area contributed by atoms with E-state index in [-0.39, 0.29) is 18.4 Å². The van der Waals surface area contributed by atoms with Gasteiger partial charge in [-0.25, -0.2) is 0 Å². The van der Waals surface area contributed by atoms with Gasteiger partial charge in [0.05, 0.1) is 22.3 Å². The first-order valence-corrected chi connectivity index (χ1v) is 9.24. The third-order valence-corrected chi connectivity index (χ3v) is 4.95. The number of nitrogens with one attached hydrogen (secondary N) is 2. The maximum absolute atomic E-state index is 12.4. The van der Waals surface area contributed by atoms with Gasteiger partial charge in [0.1, 0.15) is 0 Å². The largest absolute Gasteiger partial charge is 0.361 e. The monoisotopic (exact) mass is 403 g/mol. The zero-order valence-electron chi connectivity index (χ0n) is 14.8. The van der Waals surface area contributed by atoms with Gasteiger partial charge in [-0.05, 0) is 30.2 Å². The molecule has 0 atom stereocenters. The van der Waals surface area contributed by atoms with Crippen LogP contribution in [-0.4, -0.2) is 35.3 Å². The van der Waals surface area contributed by atoms with Crippen molar-refractivity contribution in [3.05, 3.63) is 64.3 Å². The summed E-state index contributed by atoms with van der Waals surface area (Å²) in [5.74, 6) is -0.464. The van der Waals surface area contributed by atoms with Crippen LogP contribution in [0.15, 0.2) is 48.7 Å². The Labute approximate surface area is 167 Å². The minimum absolute atomic E-state index is 0.0751. The molecule has 5 nitrogen and oxygen atoms in total. The minimum Gasteiger partial charge on any atom is -0.361 e. The average Bonchev–Trinajstić information content (AvgIpc) is 3.06. The lowest BCUT2D eigenvalue weighted by Gasteiger charge is -2.17. The number of rotatable bonds is 6. The van der Waals surface area contributed by atoms with E-state index in [1.807, 2.05) is 30.5 Å². The lowest BCUT2D eigenvalue weighted by Crippen LogP contribution is -2.35. The molecule has 1 aromatic heterocycles. The first-order chi connectivity index (χ1) is 13.0. The van der Waals surface area contributed by atoms with E-state index in [0.717, 1.165) is 16.5 Å². The number of amides is 2. The average molecular weight is 404 g/mol. The second-order valence-electron chi connectivity index (χ2n) is 6.25. The number of benzene rings is 2. The first-order valence-electron chi connectivity index (χ1n) is 8.48. The highest BCUT2D eigenvalue weighted by Gasteiger charge is 2.16. The molecule has 140 valence electrons. The van der Waals surface area contributed by atoms with Crippen LogP contribution in [0.1, 0.15) is 12.0 Å². The number of fused-ring (bicyclic) bond motifs is 1. The summed E-state index contributed by atoms with van der Waals surface area (Å²) in [4.78, 5) is 29.2. The second-order valence-corrected chi connectivity index (χ2v) is 7.07. The Morgan fingerprint density at radius 1 is 1.07 bits per heavy atom. The van der Waals surface area contributed by atoms with Gasteiger partial charge in [-0.3, -0.25) is 9.59 Å². The Bertz CT molecular complexity index is 964.